The molecule has 0 fully saturated rings. The topological polar surface area (TPSA) is 107 Å². The molecule has 304 valence electrons. The van der Waals surface area contributed by atoms with Crippen molar-refractivity contribution in [3.63, 3.8) is 0 Å². The Morgan fingerprint density at radius 2 is 1.64 bits per heavy atom. The summed E-state index contributed by atoms with van der Waals surface area (Å²) in [6, 6.07) is 27.8. The van der Waals surface area contributed by atoms with Gasteiger partial charge in [-0.05, 0) is 77.9 Å². The fourth-order valence-corrected chi connectivity index (χ4v) is 6.81. The lowest BCUT2D eigenvalue weighted by atomic mass is 9.94. The molecule has 0 aliphatic rings. The molecule has 1 atom stereocenters. The van der Waals surface area contributed by atoms with Gasteiger partial charge in [-0.2, -0.15) is 0 Å². The van der Waals surface area contributed by atoms with Crippen LogP contribution in [-0.2, 0) is 19.7 Å². The van der Waals surface area contributed by atoms with Crippen LogP contribution in [0.1, 0.15) is 88.5 Å². The summed E-state index contributed by atoms with van der Waals surface area (Å²) in [7, 11) is 0. The van der Waals surface area contributed by atoms with Crippen LogP contribution in [-0.4, -0.2) is 26.1 Å². The number of allylic oxidation sites excluding steroid dienone is 1. The van der Waals surface area contributed by atoms with Gasteiger partial charge in [0, 0.05) is 53.7 Å². The lowest BCUT2D eigenvalue weighted by Crippen LogP contribution is -2.29. The predicted octanol–water partition coefficient (Wildman–Crippen LogP) is 11.7. The van der Waals surface area contributed by atoms with E-state index in [4.69, 9.17) is 14.1 Å². The average Bonchev–Trinajstić information content (AvgIpc) is 3.64. The van der Waals surface area contributed by atoms with Gasteiger partial charge in [-0.25, -0.2) is 4.98 Å². The third-order valence-corrected chi connectivity index (χ3v) is 10.3. The summed E-state index contributed by atoms with van der Waals surface area (Å²) < 4.78 is 13.6. The Morgan fingerprint density at radius 3 is 2.39 bits per heavy atom. The van der Waals surface area contributed by atoms with Crippen molar-refractivity contribution in [3.8, 4) is 17.1 Å². The monoisotopic (exact) mass is 788 g/mol. The van der Waals surface area contributed by atoms with Gasteiger partial charge in [0.05, 0.1) is 18.9 Å². The largest absolute Gasteiger partial charge is 0.487 e. The molecule has 0 amide bonds. The summed E-state index contributed by atoms with van der Waals surface area (Å²) in [5, 5.41) is 8.90. The number of anilines is 1. The Balaban J connectivity index is 0.00000110. The van der Waals surface area contributed by atoms with Crippen LogP contribution in [0.2, 0.25) is 0 Å². The number of furan rings is 1. The minimum Gasteiger partial charge on any atom is -0.487 e. The normalized spacial score (nSPS) is 11.8. The number of para-hydroxylation sites is 1. The SMILES string of the molecule is C=C(Cn1c(-c2ccc(COc3cccnc3)cc2)ncc(NCc2ccc3oc4ccccc4c3c2)c1=O)NC/C(C)=C/c1cnccc1C(C)CC.CCCCC. The van der Waals surface area contributed by atoms with Crippen molar-refractivity contribution in [3.05, 3.63) is 166 Å². The molecule has 4 heterocycles. The third-order valence-electron chi connectivity index (χ3n) is 10.3. The van der Waals surface area contributed by atoms with Gasteiger partial charge in [0.1, 0.15) is 35.0 Å². The van der Waals surface area contributed by atoms with E-state index in [9.17, 15) is 4.79 Å². The molecule has 3 aromatic carbocycles. The van der Waals surface area contributed by atoms with Crippen molar-refractivity contribution in [1.29, 1.82) is 0 Å². The fourth-order valence-electron chi connectivity index (χ4n) is 6.81. The van der Waals surface area contributed by atoms with E-state index in [-0.39, 0.29) is 12.1 Å². The zero-order chi connectivity index (χ0) is 41.6. The summed E-state index contributed by atoms with van der Waals surface area (Å²) in [5.41, 5.74) is 8.91. The number of fused-ring (bicyclic) bond motifs is 3. The molecular formula is C50H56N6O3. The van der Waals surface area contributed by atoms with E-state index in [0.29, 0.717) is 48.6 Å². The molecule has 0 spiro atoms. The van der Waals surface area contributed by atoms with Crippen molar-refractivity contribution < 1.29 is 9.15 Å². The lowest BCUT2D eigenvalue weighted by molar-refractivity contribution is 0.305. The highest BCUT2D eigenvalue weighted by molar-refractivity contribution is 6.05. The minimum absolute atomic E-state index is 0.192. The highest BCUT2D eigenvalue weighted by atomic mass is 16.5. The number of pyridine rings is 2. The predicted molar refractivity (Wildman–Crippen MR) is 242 cm³/mol. The quantitative estimate of drug-likeness (QED) is 0.0939. The molecule has 59 heavy (non-hydrogen) atoms. The fraction of sp³-hybridized carbons (Fsp3) is 0.280. The number of aromatic nitrogens is 4. The van der Waals surface area contributed by atoms with Gasteiger partial charge in [-0.1, -0.05) is 114 Å². The van der Waals surface area contributed by atoms with Crippen LogP contribution in [0.25, 0.3) is 39.4 Å². The Labute approximate surface area is 347 Å². The van der Waals surface area contributed by atoms with Crippen LogP contribution < -0.4 is 20.9 Å². The first-order chi connectivity index (χ1) is 28.8. The second kappa shape index (κ2) is 20.8. The molecule has 1 unspecified atom stereocenters. The standard InChI is InChI=1S/C45H44N6O3.C5H12/c1-5-31(3)38-18-20-47-25-36(38)21-30(2)23-48-32(4)28-51-44(35-15-12-33(13-16-35)29-53-37-9-8-19-46-26-37)50-27-41(45(51)52)49-24-34-14-17-43-40(22-34)39-10-6-7-11-42(39)54-43;1-3-5-4-2/h6-22,25-27,31,48-49H,4-5,23-24,28-29H2,1-3H3;3-5H2,1-2H3/b30-21+;. The first-order valence-electron chi connectivity index (χ1n) is 20.7. The maximum atomic E-state index is 14.2. The van der Waals surface area contributed by atoms with Crippen molar-refractivity contribution >= 4 is 33.7 Å². The molecule has 7 aromatic rings. The molecule has 0 radical (unpaired) electrons. The number of nitrogens with one attached hydrogen (secondary N) is 2. The second-order valence-corrected chi connectivity index (χ2v) is 15.0. The van der Waals surface area contributed by atoms with Crippen molar-refractivity contribution in [2.24, 2.45) is 0 Å². The highest BCUT2D eigenvalue weighted by Gasteiger charge is 2.15. The first kappa shape index (κ1) is 42.1. The van der Waals surface area contributed by atoms with Gasteiger partial charge in [0.25, 0.3) is 5.56 Å². The average molecular weight is 789 g/mol. The van der Waals surface area contributed by atoms with E-state index in [1.54, 1.807) is 23.2 Å². The minimum atomic E-state index is -0.192. The number of unbranched alkanes of at least 4 members (excludes halogenated alkanes) is 2. The molecular weight excluding hydrogens is 733 g/mol. The van der Waals surface area contributed by atoms with Crippen molar-refractivity contribution in [2.45, 2.75) is 85.9 Å². The molecule has 0 bridgehead atoms. The molecule has 0 saturated heterocycles. The van der Waals surface area contributed by atoms with Crippen LogP contribution in [0.5, 0.6) is 5.75 Å². The number of nitrogens with zero attached hydrogens (tertiary/aromatic N) is 4. The molecule has 4 aromatic heterocycles. The van der Waals surface area contributed by atoms with Crippen LogP contribution >= 0.6 is 0 Å². The first-order valence-corrected chi connectivity index (χ1v) is 20.7. The van der Waals surface area contributed by atoms with E-state index in [1.807, 2.05) is 79.1 Å². The van der Waals surface area contributed by atoms with E-state index >= 15 is 0 Å². The molecule has 9 heteroatoms. The zero-order valence-corrected chi connectivity index (χ0v) is 35.0. The molecule has 2 N–H and O–H groups in total. The van der Waals surface area contributed by atoms with Gasteiger partial charge in [-0.3, -0.25) is 19.3 Å². The zero-order valence-electron chi connectivity index (χ0n) is 35.0. The van der Waals surface area contributed by atoms with E-state index in [2.05, 4.69) is 86.1 Å². The van der Waals surface area contributed by atoms with Gasteiger partial charge in [-0.15, -0.1) is 0 Å². The smallest absolute Gasteiger partial charge is 0.277 e. The van der Waals surface area contributed by atoms with Crippen LogP contribution in [0.15, 0.2) is 143 Å². The second-order valence-electron chi connectivity index (χ2n) is 15.0. The maximum absolute atomic E-state index is 14.2. The van der Waals surface area contributed by atoms with Gasteiger partial charge in [0.2, 0.25) is 0 Å². The molecule has 0 saturated carbocycles. The summed E-state index contributed by atoms with van der Waals surface area (Å²) in [6.45, 7) is 16.9. The van der Waals surface area contributed by atoms with Crippen molar-refractivity contribution in [2.75, 3.05) is 11.9 Å². The number of hydrogen-bond acceptors (Lipinski definition) is 8. The number of hydrogen-bond donors (Lipinski definition) is 2. The van der Waals surface area contributed by atoms with Gasteiger partial charge < -0.3 is 19.8 Å². The molecule has 7 rings (SSSR count). The van der Waals surface area contributed by atoms with Gasteiger partial charge >= 0.3 is 0 Å². The number of benzene rings is 3. The maximum Gasteiger partial charge on any atom is 0.277 e. The summed E-state index contributed by atoms with van der Waals surface area (Å²) in [5.74, 6) is 1.68. The Hall–Kier alpha value is -6.48. The molecule has 0 aliphatic carbocycles. The van der Waals surface area contributed by atoms with Gasteiger partial charge in [0.15, 0.2) is 0 Å². The Bertz CT molecular complexity index is 2540. The summed E-state index contributed by atoms with van der Waals surface area (Å²) in [6.07, 6.45) is 16.1. The summed E-state index contributed by atoms with van der Waals surface area (Å²) >= 11 is 0. The number of rotatable bonds is 17. The van der Waals surface area contributed by atoms with Crippen LogP contribution in [0.3, 0.4) is 0 Å². The number of ether oxygens (including phenoxy) is 1. The summed E-state index contributed by atoms with van der Waals surface area (Å²) in [4.78, 5) is 27.5. The highest BCUT2D eigenvalue weighted by Crippen LogP contribution is 2.29. The van der Waals surface area contributed by atoms with E-state index in [1.165, 1.54) is 24.8 Å². The Morgan fingerprint density at radius 1 is 0.881 bits per heavy atom. The third kappa shape index (κ3) is 11.1. The Kier molecular flexibility index (Phi) is 14.9. The van der Waals surface area contributed by atoms with Crippen LogP contribution in [0.4, 0.5) is 5.69 Å². The molecule has 9 nitrogen and oxygen atoms in total. The van der Waals surface area contributed by atoms with E-state index < -0.39 is 0 Å². The lowest BCUT2D eigenvalue weighted by Gasteiger charge is -2.18. The van der Waals surface area contributed by atoms with Crippen LogP contribution in [0, 0.1) is 0 Å². The van der Waals surface area contributed by atoms with E-state index in [0.717, 1.165) is 56.2 Å². The van der Waals surface area contributed by atoms with Crippen molar-refractivity contribution in [1.82, 2.24) is 24.8 Å². The molecule has 0 aliphatic heterocycles.